The van der Waals surface area contributed by atoms with Gasteiger partial charge in [0.2, 0.25) is 0 Å². The van der Waals surface area contributed by atoms with Gasteiger partial charge in [-0.1, -0.05) is 0 Å². The Labute approximate surface area is 93.1 Å². The fourth-order valence-corrected chi connectivity index (χ4v) is 0. The van der Waals surface area contributed by atoms with Crippen molar-refractivity contribution in [1.82, 2.24) is 0 Å². The molecule has 15 heteroatoms. The summed E-state index contributed by atoms with van der Waals surface area (Å²) in [5.74, 6) is 0. The van der Waals surface area contributed by atoms with Crippen molar-refractivity contribution in [1.29, 1.82) is 0 Å². The third-order valence-corrected chi connectivity index (χ3v) is 0. The third kappa shape index (κ3) is 37900. The summed E-state index contributed by atoms with van der Waals surface area (Å²) in [7, 11) is -12.0. The van der Waals surface area contributed by atoms with Crippen LogP contribution in [0.5, 0.6) is 0 Å². The van der Waals surface area contributed by atoms with E-state index in [4.69, 9.17) is 13.3 Å². The zero-order valence-electron chi connectivity index (χ0n) is 5.89. The zero-order valence-corrected chi connectivity index (χ0v) is 6.71. The Kier molecular flexibility index (Phi) is 17.5. The monoisotopic (exact) mass is 264 g/mol. The van der Waals surface area contributed by atoms with Crippen LogP contribution in [0, 0.1) is 0 Å². The van der Waals surface area contributed by atoms with Gasteiger partial charge in [-0.2, -0.15) is 4.21 Å². The van der Waals surface area contributed by atoms with E-state index in [1.807, 2.05) is 0 Å². The molecule has 0 saturated heterocycles. The van der Waals surface area contributed by atoms with Crippen LogP contribution >= 0.6 is 0 Å². The van der Waals surface area contributed by atoms with Gasteiger partial charge in [-0.25, -0.2) is 0 Å². The first-order valence-electron chi connectivity index (χ1n) is 2.28. The third-order valence-electron chi connectivity index (χ3n) is 0. The van der Waals surface area contributed by atoms with E-state index < -0.39 is 25.9 Å². The van der Waals surface area contributed by atoms with Crippen LogP contribution in [0.4, 0.5) is 34.5 Å². The Morgan fingerprint density at radius 2 is 0.733 bits per heavy atom. The van der Waals surface area contributed by atoms with Gasteiger partial charge in [0, 0.05) is 0 Å². The van der Waals surface area contributed by atoms with Crippen LogP contribution in [0.3, 0.4) is 0 Å². The Bertz CT molecular complexity index is 127. The fraction of sp³-hybridized carbons (Fsp3) is 0. The van der Waals surface area contributed by atoms with E-state index in [0.717, 1.165) is 0 Å². The molecule has 2 N–H and O–H groups in total. The summed E-state index contributed by atoms with van der Waals surface area (Å²) in [6.07, 6.45) is 0. The molecular weight excluding hydrogens is 261 g/mol. The molecule has 15 heavy (non-hydrogen) atoms. The summed E-state index contributed by atoms with van der Waals surface area (Å²) in [5.41, 5.74) is 0. The fourth-order valence-electron chi connectivity index (χ4n) is 0. The quantitative estimate of drug-likeness (QED) is 0.397. The molecular formula is H3B2F8LiO3S-2. The van der Waals surface area contributed by atoms with Crippen LogP contribution in [0.25, 0.3) is 0 Å². The maximum absolute atomic E-state index is 9.75. The summed E-state index contributed by atoms with van der Waals surface area (Å²) in [5, 5.41) is 0. The second-order valence-corrected chi connectivity index (χ2v) is 1.68. The molecule has 0 aromatic heterocycles. The van der Waals surface area contributed by atoms with Crippen LogP contribution in [0.1, 0.15) is 0 Å². The molecule has 0 spiro atoms. The van der Waals surface area contributed by atoms with Crippen LogP contribution in [-0.2, 0) is 11.4 Å². The van der Waals surface area contributed by atoms with Gasteiger partial charge in [-0.3, -0.25) is 9.11 Å². The topological polar surface area (TPSA) is 57.5 Å². The first kappa shape index (κ1) is 24.5. The SMILES string of the molecule is F[B-](F)(F)F.F[B-](F)(F)F.O=S(O)O.[LiH]. The van der Waals surface area contributed by atoms with E-state index in [-0.39, 0.29) is 18.9 Å². The van der Waals surface area contributed by atoms with Gasteiger partial charge in [-0.15, -0.1) is 0 Å². The molecule has 0 aliphatic rings. The van der Waals surface area contributed by atoms with Crippen LogP contribution in [0.2, 0.25) is 0 Å². The Hall–Kier alpha value is 0.237. The maximum atomic E-state index is 9.75. The standard InChI is InChI=1S/2BF4.Li.H2O3S.H/c2*2-1(3,4)5;;1-4(2)3;/h;;;(H2,1,2,3);/q2*-1;;;. The van der Waals surface area contributed by atoms with Gasteiger partial charge in [0.1, 0.15) is 0 Å². The Morgan fingerprint density at radius 1 is 0.733 bits per heavy atom. The van der Waals surface area contributed by atoms with Gasteiger partial charge in [0.15, 0.2) is 0 Å². The van der Waals surface area contributed by atoms with E-state index >= 15 is 0 Å². The second kappa shape index (κ2) is 10.7. The number of halogens is 8. The van der Waals surface area contributed by atoms with Crippen molar-refractivity contribution in [2.24, 2.45) is 0 Å². The van der Waals surface area contributed by atoms with Gasteiger partial charge in [-0.05, 0) is 0 Å². The molecule has 0 atom stereocenters. The molecule has 0 aromatic rings. The minimum atomic E-state index is -6.00. The van der Waals surface area contributed by atoms with Gasteiger partial charge in [0.25, 0.3) is 11.4 Å². The zero-order chi connectivity index (χ0) is 12.6. The molecule has 0 aliphatic carbocycles. The molecule has 92 valence electrons. The molecule has 0 saturated carbocycles. The van der Waals surface area contributed by atoms with Crippen molar-refractivity contribution >= 4 is 44.7 Å². The molecule has 0 radical (unpaired) electrons. The molecule has 0 amide bonds. The molecule has 0 heterocycles. The molecule has 3 nitrogen and oxygen atoms in total. The van der Waals surface area contributed by atoms with Crippen molar-refractivity contribution in [2.45, 2.75) is 0 Å². The van der Waals surface area contributed by atoms with Crippen molar-refractivity contribution in [3.8, 4) is 0 Å². The minimum absolute atomic E-state index is 0. The average Bonchev–Trinajstić information content (AvgIpc) is 1.45. The molecule has 0 aliphatic heterocycles. The van der Waals surface area contributed by atoms with E-state index in [2.05, 4.69) is 0 Å². The van der Waals surface area contributed by atoms with E-state index in [9.17, 15) is 34.5 Å². The number of hydrogen-bond acceptors (Lipinski definition) is 1. The summed E-state index contributed by atoms with van der Waals surface area (Å²) in [6, 6.07) is 0. The number of hydrogen-bond donors (Lipinski definition) is 2. The summed E-state index contributed by atoms with van der Waals surface area (Å²) in [6.45, 7) is 0. The summed E-state index contributed by atoms with van der Waals surface area (Å²) >= 11 is -2.61. The normalized spacial score (nSPS) is 10.3. The Balaban J connectivity index is -0.0000000590. The Morgan fingerprint density at radius 3 is 0.733 bits per heavy atom. The van der Waals surface area contributed by atoms with Gasteiger partial charge >= 0.3 is 33.4 Å². The van der Waals surface area contributed by atoms with Crippen LogP contribution in [0.15, 0.2) is 0 Å². The first-order valence-corrected chi connectivity index (χ1v) is 3.34. The second-order valence-electron chi connectivity index (χ2n) is 1.22. The van der Waals surface area contributed by atoms with E-state index in [1.165, 1.54) is 0 Å². The molecule has 0 rings (SSSR count). The van der Waals surface area contributed by atoms with E-state index in [1.54, 1.807) is 0 Å². The van der Waals surface area contributed by atoms with Gasteiger partial charge in [0.05, 0.1) is 0 Å². The molecule has 0 fully saturated rings. The van der Waals surface area contributed by atoms with Crippen molar-refractivity contribution in [3.63, 3.8) is 0 Å². The first-order chi connectivity index (χ1) is 5.73. The van der Waals surface area contributed by atoms with Crippen LogP contribution in [-0.4, -0.2) is 46.7 Å². The van der Waals surface area contributed by atoms with E-state index in [0.29, 0.717) is 0 Å². The predicted octanol–water partition coefficient (Wildman–Crippen LogP) is 1.63. The van der Waals surface area contributed by atoms with Crippen molar-refractivity contribution in [3.05, 3.63) is 0 Å². The molecule has 0 bridgehead atoms. The molecule has 0 unspecified atom stereocenters. The van der Waals surface area contributed by atoms with Gasteiger partial charge < -0.3 is 34.5 Å². The van der Waals surface area contributed by atoms with Crippen molar-refractivity contribution in [2.75, 3.05) is 0 Å². The summed E-state index contributed by atoms with van der Waals surface area (Å²) < 4.78 is 101. The number of rotatable bonds is 0. The molecule has 0 aromatic carbocycles. The van der Waals surface area contributed by atoms with Crippen molar-refractivity contribution < 1.29 is 47.8 Å². The predicted molar refractivity (Wildman–Crippen MR) is 40.9 cm³/mol. The summed E-state index contributed by atoms with van der Waals surface area (Å²) in [4.78, 5) is 0. The van der Waals surface area contributed by atoms with Crippen LogP contribution < -0.4 is 0 Å². The average molecular weight is 264 g/mol.